The molecule has 0 aliphatic heterocycles. The minimum Gasteiger partial charge on any atom is -0.493 e. The molecule has 0 N–H and O–H groups in total. The molecular formula is C28H46O5. The van der Waals surface area contributed by atoms with Gasteiger partial charge in [0.2, 0.25) is 0 Å². The van der Waals surface area contributed by atoms with Gasteiger partial charge in [0.15, 0.2) is 11.5 Å². The molecule has 0 radical (unpaired) electrons. The molecule has 0 unspecified atom stereocenters. The van der Waals surface area contributed by atoms with Crippen LogP contribution in [-0.2, 0) is 9.53 Å². The summed E-state index contributed by atoms with van der Waals surface area (Å²) in [6.45, 7) is 8.47. The van der Waals surface area contributed by atoms with Crippen LogP contribution >= 0.6 is 0 Å². The second-order valence-electron chi connectivity index (χ2n) is 8.39. The highest BCUT2D eigenvalue weighted by molar-refractivity contribution is 5.88. The maximum Gasteiger partial charge on any atom is 0.330 e. The third-order valence-electron chi connectivity index (χ3n) is 5.46. The van der Waals surface area contributed by atoms with Crippen LogP contribution < -0.4 is 14.2 Å². The van der Waals surface area contributed by atoms with Crippen molar-refractivity contribution in [1.29, 1.82) is 0 Å². The van der Waals surface area contributed by atoms with Gasteiger partial charge in [-0.3, -0.25) is 0 Å². The fourth-order valence-corrected chi connectivity index (χ4v) is 3.45. The van der Waals surface area contributed by atoms with E-state index in [1.54, 1.807) is 6.08 Å². The van der Waals surface area contributed by atoms with Crippen molar-refractivity contribution >= 4 is 12.0 Å². The molecule has 188 valence electrons. The molecule has 0 fully saturated rings. The van der Waals surface area contributed by atoms with Gasteiger partial charge in [0.05, 0.1) is 32.5 Å². The largest absolute Gasteiger partial charge is 0.493 e. The SMILES string of the molecule is CCCCCCOc1ccc(OCCCCCC)c(OCCCCCC)c1C=CC(=O)OC. The van der Waals surface area contributed by atoms with E-state index in [1.807, 2.05) is 12.1 Å². The Labute approximate surface area is 201 Å². The number of esters is 1. The summed E-state index contributed by atoms with van der Waals surface area (Å²) in [7, 11) is 1.37. The highest BCUT2D eigenvalue weighted by atomic mass is 16.5. The second kappa shape index (κ2) is 19.3. The van der Waals surface area contributed by atoms with Gasteiger partial charge < -0.3 is 18.9 Å². The van der Waals surface area contributed by atoms with Crippen LogP contribution in [0.4, 0.5) is 0 Å². The summed E-state index contributed by atoms with van der Waals surface area (Å²) in [6.07, 6.45) is 16.7. The molecule has 33 heavy (non-hydrogen) atoms. The van der Waals surface area contributed by atoms with Crippen molar-refractivity contribution in [2.24, 2.45) is 0 Å². The zero-order valence-electron chi connectivity index (χ0n) is 21.5. The Balaban J connectivity index is 3.08. The van der Waals surface area contributed by atoms with E-state index in [-0.39, 0.29) is 0 Å². The van der Waals surface area contributed by atoms with Gasteiger partial charge in [-0.15, -0.1) is 0 Å². The Morgan fingerprint density at radius 3 is 1.70 bits per heavy atom. The predicted molar refractivity (Wildman–Crippen MR) is 136 cm³/mol. The molecule has 0 aromatic heterocycles. The lowest BCUT2D eigenvalue weighted by Crippen LogP contribution is -2.06. The summed E-state index contributed by atoms with van der Waals surface area (Å²) in [4.78, 5) is 11.8. The molecule has 5 heteroatoms. The van der Waals surface area contributed by atoms with Crippen LogP contribution in [0.25, 0.3) is 6.08 Å². The second-order valence-corrected chi connectivity index (χ2v) is 8.39. The number of methoxy groups -OCH3 is 1. The molecule has 5 nitrogen and oxygen atoms in total. The van der Waals surface area contributed by atoms with Crippen LogP contribution in [0, 0.1) is 0 Å². The average Bonchev–Trinajstić information content (AvgIpc) is 2.83. The number of carbonyl (C=O) groups is 1. The Morgan fingerprint density at radius 2 is 1.18 bits per heavy atom. The van der Waals surface area contributed by atoms with Gasteiger partial charge in [-0.25, -0.2) is 4.79 Å². The van der Waals surface area contributed by atoms with Gasteiger partial charge in [0.25, 0.3) is 0 Å². The number of ether oxygens (including phenoxy) is 4. The minimum atomic E-state index is -0.413. The molecule has 0 atom stereocenters. The van der Waals surface area contributed by atoms with Crippen LogP contribution in [0.5, 0.6) is 17.2 Å². The van der Waals surface area contributed by atoms with Crippen LogP contribution in [0.15, 0.2) is 18.2 Å². The van der Waals surface area contributed by atoms with Crippen molar-refractivity contribution in [3.05, 3.63) is 23.8 Å². The van der Waals surface area contributed by atoms with E-state index in [0.29, 0.717) is 37.1 Å². The van der Waals surface area contributed by atoms with E-state index >= 15 is 0 Å². The number of hydrogen-bond acceptors (Lipinski definition) is 5. The standard InChI is InChI=1S/C28H46O5/c1-5-8-11-14-21-31-25-18-19-26(32-22-15-12-9-6-2)28(33-23-16-13-10-7-3)24(25)17-20-27(29)30-4/h17-20H,5-16,21-23H2,1-4H3. The lowest BCUT2D eigenvalue weighted by atomic mass is 10.1. The monoisotopic (exact) mass is 462 g/mol. The lowest BCUT2D eigenvalue weighted by molar-refractivity contribution is -0.134. The summed E-state index contributed by atoms with van der Waals surface area (Å²) in [6, 6.07) is 3.85. The molecule has 0 saturated carbocycles. The van der Waals surface area contributed by atoms with Crippen molar-refractivity contribution in [1.82, 2.24) is 0 Å². The van der Waals surface area contributed by atoms with E-state index < -0.39 is 5.97 Å². The molecule has 0 aliphatic rings. The van der Waals surface area contributed by atoms with Gasteiger partial charge >= 0.3 is 5.97 Å². The molecule has 0 heterocycles. The third-order valence-corrected chi connectivity index (χ3v) is 5.46. The van der Waals surface area contributed by atoms with E-state index in [4.69, 9.17) is 18.9 Å². The van der Waals surface area contributed by atoms with E-state index in [0.717, 1.165) is 44.1 Å². The molecule has 0 saturated heterocycles. The number of benzene rings is 1. The zero-order valence-corrected chi connectivity index (χ0v) is 21.5. The van der Waals surface area contributed by atoms with Gasteiger partial charge in [0, 0.05) is 6.08 Å². The Morgan fingerprint density at radius 1 is 0.697 bits per heavy atom. The van der Waals surface area contributed by atoms with Crippen LogP contribution in [-0.4, -0.2) is 32.9 Å². The summed E-state index contributed by atoms with van der Waals surface area (Å²) in [5.74, 6) is 1.63. The van der Waals surface area contributed by atoms with Crippen LogP contribution in [0.2, 0.25) is 0 Å². The highest BCUT2D eigenvalue weighted by Crippen LogP contribution is 2.39. The zero-order chi connectivity index (χ0) is 24.2. The summed E-state index contributed by atoms with van der Waals surface area (Å²) >= 11 is 0. The first-order valence-corrected chi connectivity index (χ1v) is 13.0. The number of rotatable bonds is 20. The number of unbranched alkanes of at least 4 members (excludes halogenated alkanes) is 9. The predicted octanol–water partition coefficient (Wildman–Crippen LogP) is 7.75. The quantitative estimate of drug-likeness (QED) is 0.113. The van der Waals surface area contributed by atoms with E-state index in [1.165, 1.54) is 51.7 Å². The van der Waals surface area contributed by atoms with Gasteiger partial charge in [-0.05, 0) is 37.5 Å². The summed E-state index contributed by atoms with van der Waals surface area (Å²) < 4.78 is 23.3. The Hall–Kier alpha value is -2.17. The van der Waals surface area contributed by atoms with Gasteiger partial charge in [0.1, 0.15) is 5.75 Å². The van der Waals surface area contributed by atoms with Crippen LogP contribution in [0.1, 0.15) is 103 Å². The van der Waals surface area contributed by atoms with Crippen LogP contribution in [0.3, 0.4) is 0 Å². The van der Waals surface area contributed by atoms with Gasteiger partial charge in [-0.2, -0.15) is 0 Å². The number of carbonyl (C=O) groups excluding carboxylic acids is 1. The average molecular weight is 463 g/mol. The summed E-state index contributed by atoms with van der Waals surface area (Å²) in [5, 5.41) is 0. The fourth-order valence-electron chi connectivity index (χ4n) is 3.45. The van der Waals surface area contributed by atoms with Crippen molar-refractivity contribution in [2.45, 2.75) is 97.8 Å². The smallest absolute Gasteiger partial charge is 0.330 e. The molecular weight excluding hydrogens is 416 g/mol. The van der Waals surface area contributed by atoms with Crippen molar-refractivity contribution in [3.8, 4) is 17.2 Å². The van der Waals surface area contributed by atoms with Crippen molar-refractivity contribution < 1.29 is 23.7 Å². The molecule has 0 spiro atoms. The van der Waals surface area contributed by atoms with E-state index in [2.05, 4.69) is 20.8 Å². The Kier molecular flexibility index (Phi) is 16.9. The fraction of sp³-hybridized carbons (Fsp3) is 0.679. The molecule has 1 aromatic rings. The molecule has 1 rings (SSSR count). The molecule has 0 bridgehead atoms. The maximum atomic E-state index is 11.8. The van der Waals surface area contributed by atoms with Crippen molar-refractivity contribution in [3.63, 3.8) is 0 Å². The first-order chi connectivity index (χ1) is 16.2. The first kappa shape index (κ1) is 28.9. The minimum absolute atomic E-state index is 0.413. The molecule has 1 aromatic carbocycles. The summed E-state index contributed by atoms with van der Waals surface area (Å²) in [5.41, 5.74) is 0.734. The molecule has 0 aliphatic carbocycles. The number of hydrogen-bond donors (Lipinski definition) is 0. The Bertz CT molecular complexity index is 668. The van der Waals surface area contributed by atoms with Crippen molar-refractivity contribution in [2.75, 3.05) is 26.9 Å². The maximum absolute atomic E-state index is 11.8. The third kappa shape index (κ3) is 12.6. The highest BCUT2D eigenvalue weighted by Gasteiger charge is 2.16. The molecule has 0 amide bonds. The normalized spacial score (nSPS) is 11.0. The van der Waals surface area contributed by atoms with E-state index in [9.17, 15) is 4.79 Å². The topological polar surface area (TPSA) is 54.0 Å². The lowest BCUT2D eigenvalue weighted by Gasteiger charge is -2.18. The first-order valence-electron chi connectivity index (χ1n) is 13.0. The van der Waals surface area contributed by atoms with Gasteiger partial charge in [-0.1, -0.05) is 78.6 Å².